The van der Waals surface area contributed by atoms with Crippen LogP contribution in [0.1, 0.15) is 55.7 Å². The molecule has 2 unspecified atom stereocenters. The fourth-order valence-corrected chi connectivity index (χ4v) is 4.45. The Bertz CT molecular complexity index is 437. The molecule has 0 bridgehead atoms. The minimum absolute atomic E-state index is 0.421. The van der Waals surface area contributed by atoms with E-state index in [4.69, 9.17) is 5.73 Å². The fraction of sp³-hybridized carbons (Fsp3) is 0.667. The lowest BCUT2D eigenvalue weighted by Gasteiger charge is -2.36. The summed E-state index contributed by atoms with van der Waals surface area (Å²) in [7, 11) is 0. The lowest BCUT2D eigenvalue weighted by atomic mass is 9.93. The fourth-order valence-electron chi connectivity index (χ4n) is 4.45. The number of hydrogen-bond donors (Lipinski definition) is 1. The lowest BCUT2D eigenvalue weighted by Crippen LogP contribution is -2.41. The average molecular weight is 272 g/mol. The molecule has 1 aliphatic carbocycles. The van der Waals surface area contributed by atoms with Gasteiger partial charge >= 0.3 is 0 Å². The Morgan fingerprint density at radius 2 is 1.90 bits per heavy atom. The first-order valence-electron chi connectivity index (χ1n) is 8.32. The van der Waals surface area contributed by atoms with Crippen LogP contribution in [0, 0.1) is 12.8 Å². The van der Waals surface area contributed by atoms with Gasteiger partial charge in [-0.15, -0.1) is 0 Å². The molecule has 1 aromatic rings. The summed E-state index contributed by atoms with van der Waals surface area (Å²) in [6.07, 6.45) is 8.48. The zero-order chi connectivity index (χ0) is 13.9. The standard InChI is InChI=1S/C18H28N2/c1-14-7-2-5-10-16(14)18(13-19)20-12-6-11-17(20)15-8-3-4-9-15/h2,5,7,10,15,17-18H,3-4,6,8-9,11-13,19H2,1H3. The van der Waals surface area contributed by atoms with E-state index in [0.29, 0.717) is 6.04 Å². The summed E-state index contributed by atoms with van der Waals surface area (Å²) in [5, 5.41) is 0. The summed E-state index contributed by atoms with van der Waals surface area (Å²) in [5.41, 5.74) is 9.01. The van der Waals surface area contributed by atoms with Crippen LogP contribution in [0.25, 0.3) is 0 Å². The number of likely N-dealkylation sites (tertiary alicyclic amines) is 1. The molecule has 1 saturated heterocycles. The van der Waals surface area contributed by atoms with Crippen molar-refractivity contribution in [1.29, 1.82) is 0 Å². The summed E-state index contributed by atoms with van der Waals surface area (Å²) in [6.45, 7) is 4.20. The molecule has 110 valence electrons. The highest BCUT2D eigenvalue weighted by atomic mass is 15.2. The van der Waals surface area contributed by atoms with Crippen LogP contribution in [0.2, 0.25) is 0 Å². The van der Waals surface area contributed by atoms with E-state index in [1.54, 1.807) is 0 Å². The van der Waals surface area contributed by atoms with Gasteiger partial charge in [-0.1, -0.05) is 37.1 Å². The van der Waals surface area contributed by atoms with Crippen LogP contribution in [-0.2, 0) is 0 Å². The Morgan fingerprint density at radius 1 is 1.15 bits per heavy atom. The van der Waals surface area contributed by atoms with Gasteiger partial charge in [-0.05, 0) is 56.2 Å². The molecule has 2 heteroatoms. The van der Waals surface area contributed by atoms with E-state index in [1.807, 2.05) is 0 Å². The Balaban J connectivity index is 1.82. The van der Waals surface area contributed by atoms with Crippen LogP contribution in [0.15, 0.2) is 24.3 Å². The minimum Gasteiger partial charge on any atom is -0.329 e. The van der Waals surface area contributed by atoms with Crippen molar-refractivity contribution in [2.45, 2.75) is 57.5 Å². The van der Waals surface area contributed by atoms with Crippen molar-refractivity contribution in [3.8, 4) is 0 Å². The zero-order valence-corrected chi connectivity index (χ0v) is 12.7. The number of nitrogens with two attached hydrogens (primary N) is 1. The number of hydrogen-bond acceptors (Lipinski definition) is 2. The molecule has 2 nitrogen and oxygen atoms in total. The van der Waals surface area contributed by atoms with Gasteiger partial charge in [0.25, 0.3) is 0 Å². The van der Waals surface area contributed by atoms with Crippen LogP contribution >= 0.6 is 0 Å². The second-order valence-electron chi connectivity index (χ2n) is 6.60. The monoisotopic (exact) mass is 272 g/mol. The van der Waals surface area contributed by atoms with E-state index in [9.17, 15) is 0 Å². The third-order valence-corrected chi connectivity index (χ3v) is 5.46. The smallest absolute Gasteiger partial charge is 0.0476 e. The van der Waals surface area contributed by atoms with Crippen molar-refractivity contribution in [3.05, 3.63) is 35.4 Å². The van der Waals surface area contributed by atoms with Gasteiger partial charge < -0.3 is 5.73 Å². The zero-order valence-electron chi connectivity index (χ0n) is 12.7. The van der Waals surface area contributed by atoms with E-state index < -0.39 is 0 Å². The van der Waals surface area contributed by atoms with Gasteiger partial charge in [-0.2, -0.15) is 0 Å². The maximum atomic E-state index is 6.17. The topological polar surface area (TPSA) is 29.3 Å². The Labute approximate surface area is 123 Å². The Hall–Kier alpha value is -0.860. The quantitative estimate of drug-likeness (QED) is 0.906. The summed E-state index contributed by atoms with van der Waals surface area (Å²) in [4.78, 5) is 2.73. The van der Waals surface area contributed by atoms with Crippen LogP contribution in [-0.4, -0.2) is 24.0 Å². The predicted octanol–water partition coefficient (Wildman–Crippen LogP) is 3.65. The molecule has 2 aliphatic rings. The summed E-state index contributed by atoms with van der Waals surface area (Å²) in [6, 6.07) is 9.99. The molecule has 2 fully saturated rings. The second-order valence-corrected chi connectivity index (χ2v) is 6.60. The average Bonchev–Trinajstić information content (AvgIpc) is 3.11. The van der Waals surface area contributed by atoms with Gasteiger partial charge in [-0.25, -0.2) is 0 Å². The van der Waals surface area contributed by atoms with Crippen molar-refractivity contribution in [2.75, 3.05) is 13.1 Å². The van der Waals surface area contributed by atoms with Crippen LogP contribution in [0.3, 0.4) is 0 Å². The van der Waals surface area contributed by atoms with Crippen LogP contribution < -0.4 is 5.73 Å². The van der Waals surface area contributed by atoms with Crippen molar-refractivity contribution in [1.82, 2.24) is 4.90 Å². The highest BCUT2D eigenvalue weighted by Crippen LogP contribution is 2.39. The van der Waals surface area contributed by atoms with Gasteiger partial charge in [0.05, 0.1) is 0 Å². The van der Waals surface area contributed by atoms with E-state index in [1.165, 1.54) is 56.2 Å². The van der Waals surface area contributed by atoms with Crippen LogP contribution in [0.4, 0.5) is 0 Å². The first-order chi connectivity index (χ1) is 9.81. The van der Waals surface area contributed by atoms with E-state index in [2.05, 4.69) is 36.1 Å². The third-order valence-electron chi connectivity index (χ3n) is 5.46. The highest BCUT2D eigenvalue weighted by Gasteiger charge is 2.37. The summed E-state index contributed by atoms with van der Waals surface area (Å²) in [5.74, 6) is 0.926. The molecule has 1 heterocycles. The molecule has 0 aromatic heterocycles. The maximum absolute atomic E-state index is 6.17. The van der Waals surface area contributed by atoms with Crippen molar-refractivity contribution < 1.29 is 0 Å². The van der Waals surface area contributed by atoms with Crippen molar-refractivity contribution in [2.24, 2.45) is 11.7 Å². The molecule has 0 radical (unpaired) electrons. The van der Waals surface area contributed by atoms with E-state index >= 15 is 0 Å². The van der Waals surface area contributed by atoms with Gasteiger partial charge in [0.1, 0.15) is 0 Å². The molecule has 1 aromatic carbocycles. The van der Waals surface area contributed by atoms with E-state index in [0.717, 1.165) is 18.5 Å². The van der Waals surface area contributed by atoms with Crippen molar-refractivity contribution in [3.63, 3.8) is 0 Å². The molecule has 0 spiro atoms. The molecule has 2 atom stereocenters. The molecule has 2 N–H and O–H groups in total. The van der Waals surface area contributed by atoms with Crippen molar-refractivity contribution >= 4 is 0 Å². The van der Waals surface area contributed by atoms with Crippen LogP contribution in [0.5, 0.6) is 0 Å². The summed E-state index contributed by atoms with van der Waals surface area (Å²) >= 11 is 0. The maximum Gasteiger partial charge on any atom is 0.0476 e. The number of nitrogens with zero attached hydrogens (tertiary/aromatic N) is 1. The van der Waals surface area contributed by atoms with Gasteiger partial charge in [0.2, 0.25) is 0 Å². The molecule has 0 amide bonds. The molecule has 3 rings (SSSR count). The number of aryl methyl sites for hydroxylation is 1. The Kier molecular flexibility index (Phi) is 4.42. The lowest BCUT2D eigenvalue weighted by molar-refractivity contribution is 0.138. The van der Waals surface area contributed by atoms with Gasteiger partial charge in [0, 0.05) is 18.6 Å². The molecular formula is C18H28N2. The SMILES string of the molecule is Cc1ccccc1C(CN)N1CCCC1C1CCCC1. The summed E-state index contributed by atoms with van der Waals surface area (Å²) < 4.78 is 0. The normalized spacial score (nSPS) is 26.2. The molecule has 20 heavy (non-hydrogen) atoms. The highest BCUT2D eigenvalue weighted by molar-refractivity contribution is 5.29. The first-order valence-corrected chi connectivity index (χ1v) is 8.32. The Morgan fingerprint density at radius 3 is 2.60 bits per heavy atom. The minimum atomic E-state index is 0.421. The van der Waals surface area contributed by atoms with Gasteiger partial charge in [-0.3, -0.25) is 4.90 Å². The molecule has 1 saturated carbocycles. The third kappa shape index (κ3) is 2.64. The second kappa shape index (κ2) is 6.28. The number of rotatable bonds is 4. The van der Waals surface area contributed by atoms with Gasteiger partial charge in [0.15, 0.2) is 0 Å². The molecule has 1 aliphatic heterocycles. The number of benzene rings is 1. The largest absolute Gasteiger partial charge is 0.329 e. The first kappa shape index (κ1) is 14.1. The molecular weight excluding hydrogens is 244 g/mol. The predicted molar refractivity (Wildman–Crippen MR) is 84.7 cm³/mol. The van der Waals surface area contributed by atoms with E-state index in [-0.39, 0.29) is 0 Å².